The smallest absolute Gasteiger partial charge is 0.348 e. The lowest BCUT2D eigenvalue weighted by molar-refractivity contribution is -0.141. The molecule has 34 heavy (non-hydrogen) atoms. The Morgan fingerprint density at radius 2 is 1.85 bits per heavy atom. The van der Waals surface area contributed by atoms with Gasteiger partial charge in [0.1, 0.15) is 11.3 Å². The molecule has 0 aliphatic carbocycles. The first-order valence-corrected chi connectivity index (χ1v) is 11.3. The van der Waals surface area contributed by atoms with Crippen LogP contribution in [0.4, 0.5) is 13.2 Å². The average molecular weight is 491 g/mol. The number of carbonyl (C=O) groups excluding carboxylic acids is 1. The van der Waals surface area contributed by atoms with Crippen LogP contribution in [0.5, 0.6) is 0 Å². The van der Waals surface area contributed by atoms with E-state index in [1.807, 2.05) is 29.0 Å². The molecule has 178 valence electrons. The maximum Gasteiger partial charge on any atom is 0.433 e. The molecule has 0 atom stereocenters. The first-order chi connectivity index (χ1) is 16.0. The molecular weight excluding hydrogens is 469 g/mol. The van der Waals surface area contributed by atoms with Crippen LogP contribution in [0.15, 0.2) is 45.3 Å². The summed E-state index contributed by atoms with van der Waals surface area (Å²) in [7, 11) is 1.22. The maximum atomic E-state index is 13.1. The number of hydrogen-bond donors (Lipinski definition) is 0. The Bertz CT molecular complexity index is 1510. The van der Waals surface area contributed by atoms with Gasteiger partial charge < -0.3 is 4.57 Å². The summed E-state index contributed by atoms with van der Waals surface area (Å²) < 4.78 is 42.6. The van der Waals surface area contributed by atoms with Crippen molar-refractivity contribution in [3.63, 3.8) is 0 Å². The number of alkyl halides is 3. The van der Waals surface area contributed by atoms with Crippen molar-refractivity contribution in [1.29, 1.82) is 0 Å². The zero-order chi connectivity index (χ0) is 24.8. The predicted molar refractivity (Wildman–Crippen MR) is 123 cm³/mol. The molecule has 0 spiro atoms. The Hall–Kier alpha value is -3.47. The highest BCUT2D eigenvalue weighted by Gasteiger charge is 2.33. The minimum absolute atomic E-state index is 0.177. The molecule has 0 bridgehead atoms. The van der Waals surface area contributed by atoms with Crippen molar-refractivity contribution < 1.29 is 18.0 Å². The number of thiophene rings is 1. The Morgan fingerprint density at radius 1 is 1.12 bits per heavy atom. The van der Waals surface area contributed by atoms with Gasteiger partial charge in [0.25, 0.3) is 5.56 Å². The predicted octanol–water partition coefficient (Wildman–Crippen LogP) is 3.72. The van der Waals surface area contributed by atoms with Crippen LogP contribution in [-0.2, 0) is 32.7 Å². The molecule has 0 saturated heterocycles. The van der Waals surface area contributed by atoms with Gasteiger partial charge in [-0.3, -0.25) is 18.7 Å². The average Bonchev–Trinajstić information content (AvgIpc) is 3.40. The number of hydrogen-bond acceptors (Lipinski definition) is 5. The Labute approximate surface area is 195 Å². The van der Waals surface area contributed by atoms with E-state index in [4.69, 9.17) is 0 Å². The SMILES string of the molecule is Cc1cc(C(=O)Cn2c(=O)c3ccc(C(F)(F)F)nc3n(C)c2=O)c(C)n1CCc1cccs1. The molecule has 7 nitrogen and oxygen atoms in total. The highest BCUT2D eigenvalue weighted by Crippen LogP contribution is 2.28. The van der Waals surface area contributed by atoms with Gasteiger partial charge >= 0.3 is 11.9 Å². The lowest BCUT2D eigenvalue weighted by Gasteiger charge is -2.12. The molecule has 4 heterocycles. The van der Waals surface area contributed by atoms with Crippen LogP contribution in [0.2, 0.25) is 0 Å². The van der Waals surface area contributed by atoms with Crippen LogP contribution < -0.4 is 11.2 Å². The maximum absolute atomic E-state index is 13.1. The van der Waals surface area contributed by atoms with Gasteiger partial charge in [-0.25, -0.2) is 9.78 Å². The number of aryl methyl sites for hydroxylation is 3. The number of halogens is 3. The quantitative estimate of drug-likeness (QED) is 0.386. The van der Waals surface area contributed by atoms with Crippen LogP contribution >= 0.6 is 11.3 Å². The van der Waals surface area contributed by atoms with Gasteiger partial charge in [-0.1, -0.05) is 6.07 Å². The van der Waals surface area contributed by atoms with E-state index >= 15 is 0 Å². The number of nitrogens with zero attached hydrogens (tertiary/aromatic N) is 4. The van der Waals surface area contributed by atoms with Gasteiger partial charge in [-0.05, 0) is 49.9 Å². The summed E-state index contributed by atoms with van der Waals surface area (Å²) in [6, 6.07) is 7.40. The van der Waals surface area contributed by atoms with Crippen molar-refractivity contribution in [2.24, 2.45) is 7.05 Å². The first kappa shape index (κ1) is 23.7. The Balaban J connectivity index is 1.68. The largest absolute Gasteiger partial charge is 0.433 e. The van der Waals surface area contributed by atoms with E-state index in [9.17, 15) is 27.6 Å². The molecule has 4 aromatic rings. The van der Waals surface area contributed by atoms with Gasteiger partial charge in [0.2, 0.25) is 0 Å². The summed E-state index contributed by atoms with van der Waals surface area (Å²) in [5, 5.41) is 1.82. The monoisotopic (exact) mass is 490 g/mol. The van der Waals surface area contributed by atoms with Crippen molar-refractivity contribution in [2.45, 2.75) is 39.5 Å². The summed E-state index contributed by atoms with van der Waals surface area (Å²) in [6.45, 7) is 3.83. The van der Waals surface area contributed by atoms with E-state index in [1.54, 1.807) is 24.3 Å². The van der Waals surface area contributed by atoms with Crippen molar-refractivity contribution in [3.8, 4) is 0 Å². The second-order valence-electron chi connectivity index (χ2n) is 7.99. The summed E-state index contributed by atoms with van der Waals surface area (Å²) in [4.78, 5) is 43.4. The van der Waals surface area contributed by atoms with Crippen LogP contribution in [0, 0.1) is 13.8 Å². The third-order valence-electron chi connectivity index (χ3n) is 5.81. The van der Waals surface area contributed by atoms with E-state index < -0.39 is 35.4 Å². The minimum atomic E-state index is -4.72. The number of ketones is 1. The first-order valence-electron chi connectivity index (χ1n) is 10.4. The zero-order valence-corrected chi connectivity index (χ0v) is 19.5. The van der Waals surface area contributed by atoms with E-state index in [2.05, 4.69) is 4.98 Å². The third-order valence-corrected chi connectivity index (χ3v) is 6.75. The Kier molecular flexibility index (Phi) is 6.07. The van der Waals surface area contributed by atoms with E-state index in [-0.39, 0.29) is 11.0 Å². The lowest BCUT2D eigenvalue weighted by Crippen LogP contribution is -2.41. The topological polar surface area (TPSA) is 78.9 Å². The highest BCUT2D eigenvalue weighted by molar-refractivity contribution is 7.09. The fourth-order valence-corrected chi connectivity index (χ4v) is 4.70. The molecule has 11 heteroatoms. The summed E-state index contributed by atoms with van der Waals surface area (Å²) in [5.74, 6) is -0.436. The zero-order valence-electron chi connectivity index (χ0n) is 18.6. The molecule has 0 aliphatic rings. The molecule has 0 amide bonds. The van der Waals surface area contributed by atoms with Crippen molar-refractivity contribution in [2.75, 3.05) is 0 Å². The van der Waals surface area contributed by atoms with Crippen LogP contribution in [0.3, 0.4) is 0 Å². The molecule has 0 radical (unpaired) electrons. The van der Waals surface area contributed by atoms with Gasteiger partial charge in [0.15, 0.2) is 5.78 Å². The minimum Gasteiger partial charge on any atom is -0.348 e. The summed E-state index contributed by atoms with van der Waals surface area (Å²) >= 11 is 1.65. The van der Waals surface area contributed by atoms with Gasteiger partial charge in [-0.2, -0.15) is 13.2 Å². The van der Waals surface area contributed by atoms with Crippen LogP contribution in [-0.4, -0.2) is 24.5 Å². The van der Waals surface area contributed by atoms with Crippen LogP contribution in [0.25, 0.3) is 11.0 Å². The van der Waals surface area contributed by atoms with Gasteiger partial charge in [0.05, 0.1) is 11.9 Å². The fourth-order valence-electron chi connectivity index (χ4n) is 4.01. The van der Waals surface area contributed by atoms with E-state index in [1.165, 1.54) is 11.9 Å². The standard InChI is InChI=1S/C23H21F3N4O3S/c1-13-11-17(14(2)29(13)9-8-15-5-4-10-34-15)18(31)12-30-21(32)16-6-7-19(23(24,25)26)27-20(16)28(3)22(30)33/h4-7,10-11H,8-9,12H2,1-3H3. The van der Waals surface area contributed by atoms with Gasteiger partial charge in [-0.15, -0.1) is 11.3 Å². The van der Waals surface area contributed by atoms with E-state index in [0.717, 1.165) is 33.0 Å². The number of aromatic nitrogens is 4. The number of pyridine rings is 1. The molecule has 0 fully saturated rings. The number of carbonyl (C=O) groups is 1. The second kappa shape index (κ2) is 8.71. The molecule has 0 aromatic carbocycles. The molecule has 0 aliphatic heterocycles. The summed E-state index contributed by atoms with van der Waals surface area (Å²) in [5.41, 5.74) is -1.38. The molecule has 0 N–H and O–H groups in total. The number of fused-ring (bicyclic) bond motifs is 1. The number of rotatable bonds is 6. The molecule has 0 saturated carbocycles. The lowest BCUT2D eigenvalue weighted by atomic mass is 10.1. The third kappa shape index (κ3) is 4.23. The fraction of sp³-hybridized carbons (Fsp3) is 0.304. The normalized spacial score (nSPS) is 11.9. The van der Waals surface area contributed by atoms with Crippen molar-refractivity contribution in [1.82, 2.24) is 18.7 Å². The Morgan fingerprint density at radius 3 is 2.50 bits per heavy atom. The second-order valence-corrected chi connectivity index (χ2v) is 9.02. The molecule has 4 rings (SSSR count). The van der Waals surface area contributed by atoms with E-state index in [0.29, 0.717) is 18.2 Å². The number of Topliss-reactive ketones (excluding diaryl/α,β-unsaturated/α-hetero) is 1. The van der Waals surface area contributed by atoms with Crippen molar-refractivity contribution >= 4 is 28.2 Å². The molecule has 4 aromatic heterocycles. The van der Waals surface area contributed by atoms with Crippen LogP contribution in [0.1, 0.15) is 32.3 Å². The molecular formula is C23H21F3N4O3S. The summed E-state index contributed by atoms with van der Waals surface area (Å²) in [6.07, 6.45) is -3.92. The highest BCUT2D eigenvalue weighted by atomic mass is 32.1. The molecule has 0 unspecified atom stereocenters. The van der Waals surface area contributed by atoms with Gasteiger partial charge in [0, 0.05) is 35.4 Å². The van der Waals surface area contributed by atoms with Crippen molar-refractivity contribution in [3.05, 3.63) is 84.1 Å².